The Morgan fingerprint density at radius 3 is 2.77 bits per heavy atom. The quantitative estimate of drug-likeness (QED) is 0.532. The van der Waals surface area contributed by atoms with E-state index >= 15 is 0 Å². The summed E-state index contributed by atoms with van der Waals surface area (Å²) in [6.07, 6.45) is 0. The molecule has 0 radical (unpaired) electrons. The van der Waals surface area contributed by atoms with E-state index in [1.807, 2.05) is 0 Å². The van der Waals surface area contributed by atoms with Crippen LogP contribution in [0, 0.1) is 0 Å². The first-order chi connectivity index (χ1) is 6.16. The molecule has 1 fully saturated rings. The molecule has 1 aliphatic heterocycles. The van der Waals surface area contributed by atoms with E-state index in [1.165, 1.54) is 18.9 Å². The smallest absolute Gasteiger partial charge is 0.329 e. The lowest BCUT2D eigenvalue weighted by atomic mass is 10.2. The summed E-state index contributed by atoms with van der Waals surface area (Å²) in [5, 5.41) is 3.04. The van der Waals surface area contributed by atoms with Crippen molar-refractivity contribution in [2.75, 3.05) is 26.7 Å². The Labute approximate surface area is 77.0 Å². The minimum absolute atomic E-state index is 0.0862. The molecule has 1 atom stereocenters. The van der Waals surface area contributed by atoms with E-state index in [0.717, 1.165) is 6.54 Å². The standard InChI is InChI=1S/C8H14N2O3/c1-6(11)10-4-3-9-5-7(10)8(12)13-2/h7,9H,3-5H2,1-2H3/t7-/m0/s1. The summed E-state index contributed by atoms with van der Waals surface area (Å²) in [6, 6.07) is -0.462. The van der Waals surface area contributed by atoms with Crippen LogP contribution in [0.3, 0.4) is 0 Å². The van der Waals surface area contributed by atoms with E-state index in [1.54, 1.807) is 0 Å². The zero-order chi connectivity index (χ0) is 9.84. The molecule has 0 aromatic rings. The highest BCUT2D eigenvalue weighted by molar-refractivity contribution is 5.83. The van der Waals surface area contributed by atoms with Crippen LogP contribution in [0.5, 0.6) is 0 Å². The van der Waals surface area contributed by atoms with Gasteiger partial charge in [-0.25, -0.2) is 4.79 Å². The fourth-order valence-electron chi connectivity index (χ4n) is 1.43. The van der Waals surface area contributed by atoms with Crippen molar-refractivity contribution in [3.63, 3.8) is 0 Å². The zero-order valence-corrected chi connectivity index (χ0v) is 7.87. The molecule has 0 unspecified atom stereocenters. The second-order valence-electron chi connectivity index (χ2n) is 2.96. The molecule has 0 aliphatic carbocycles. The molecule has 1 heterocycles. The number of rotatable bonds is 1. The van der Waals surface area contributed by atoms with E-state index in [9.17, 15) is 9.59 Å². The van der Waals surface area contributed by atoms with Gasteiger partial charge in [0.25, 0.3) is 0 Å². The Balaban J connectivity index is 2.67. The molecule has 5 nitrogen and oxygen atoms in total. The van der Waals surface area contributed by atoms with Gasteiger partial charge in [0.1, 0.15) is 6.04 Å². The lowest BCUT2D eigenvalue weighted by molar-refractivity contribution is -0.153. The third kappa shape index (κ3) is 2.18. The number of piperazine rings is 1. The summed E-state index contributed by atoms with van der Waals surface area (Å²) in [5.41, 5.74) is 0. The van der Waals surface area contributed by atoms with E-state index in [2.05, 4.69) is 10.1 Å². The molecule has 1 saturated heterocycles. The van der Waals surface area contributed by atoms with Gasteiger partial charge in [0.15, 0.2) is 0 Å². The molecule has 0 saturated carbocycles. The molecule has 1 aliphatic rings. The van der Waals surface area contributed by atoms with Crippen molar-refractivity contribution in [2.24, 2.45) is 0 Å². The van der Waals surface area contributed by atoms with Crippen molar-refractivity contribution < 1.29 is 14.3 Å². The molecular weight excluding hydrogens is 172 g/mol. The van der Waals surface area contributed by atoms with Gasteiger partial charge in [-0.15, -0.1) is 0 Å². The summed E-state index contributed by atoms with van der Waals surface area (Å²) in [7, 11) is 1.33. The number of nitrogens with zero attached hydrogens (tertiary/aromatic N) is 1. The number of nitrogens with one attached hydrogen (secondary N) is 1. The molecule has 0 spiro atoms. The Bertz CT molecular complexity index is 217. The molecule has 74 valence electrons. The van der Waals surface area contributed by atoms with Gasteiger partial charge in [-0.3, -0.25) is 4.79 Å². The minimum Gasteiger partial charge on any atom is -0.467 e. The third-order valence-corrected chi connectivity index (χ3v) is 2.12. The van der Waals surface area contributed by atoms with Crippen LogP contribution in [0.15, 0.2) is 0 Å². The lowest BCUT2D eigenvalue weighted by Gasteiger charge is -2.33. The Hall–Kier alpha value is -1.10. The molecule has 13 heavy (non-hydrogen) atoms. The zero-order valence-electron chi connectivity index (χ0n) is 7.87. The second-order valence-corrected chi connectivity index (χ2v) is 2.96. The predicted molar refractivity (Wildman–Crippen MR) is 46.1 cm³/mol. The molecule has 0 aromatic carbocycles. The van der Waals surface area contributed by atoms with Gasteiger partial charge in [-0.05, 0) is 0 Å². The second kappa shape index (κ2) is 4.23. The lowest BCUT2D eigenvalue weighted by Crippen LogP contribution is -2.56. The first-order valence-electron chi connectivity index (χ1n) is 4.22. The van der Waals surface area contributed by atoms with Gasteiger partial charge in [0.05, 0.1) is 7.11 Å². The van der Waals surface area contributed by atoms with Crippen molar-refractivity contribution in [3.05, 3.63) is 0 Å². The molecule has 0 aromatic heterocycles. The van der Waals surface area contributed by atoms with Crippen LogP contribution in [-0.4, -0.2) is 49.6 Å². The fraction of sp³-hybridized carbons (Fsp3) is 0.750. The topological polar surface area (TPSA) is 58.6 Å². The number of esters is 1. The maximum absolute atomic E-state index is 11.2. The van der Waals surface area contributed by atoms with E-state index in [-0.39, 0.29) is 11.9 Å². The van der Waals surface area contributed by atoms with Crippen LogP contribution in [0.1, 0.15) is 6.92 Å². The minimum atomic E-state index is -0.462. The molecule has 1 amide bonds. The number of ether oxygens (including phenoxy) is 1. The summed E-state index contributed by atoms with van der Waals surface area (Å²) >= 11 is 0. The SMILES string of the molecule is COC(=O)[C@@H]1CNCCN1C(C)=O. The molecular formula is C8H14N2O3. The predicted octanol–water partition coefficient (Wildman–Crippen LogP) is -1.02. The van der Waals surface area contributed by atoms with Crippen molar-refractivity contribution in [1.82, 2.24) is 10.2 Å². The summed E-state index contributed by atoms with van der Waals surface area (Å²) in [5.74, 6) is -0.445. The van der Waals surface area contributed by atoms with E-state index < -0.39 is 6.04 Å². The van der Waals surface area contributed by atoms with Gasteiger partial charge in [0, 0.05) is 26.6 Å². The van der Waals surface area contributed by atoms with Crippen molar-refractivity contribution >= 4 is 11.9 Å². The van der Waals surface area contributed by atoms with E-state index in [4.69, 9.17) is 0 Å². The van der Waals surface area contributed by atoms with Gasteiger partial charge in [-0.2, -0.15) is 0 Å². The van der Waals surface area contributed by atoms with Gasteiger partial charge >= 0.3 is 5.97 Å². The fourth-order valence-corrected chi connectivity index (χ4v) is 1.43. The van der Waals surface area contributed by atoms with Gasteiger partial charge in [-0.1, -0.05) is 0 Å². The number of methoxy groups -OCH3 is 1. The highest BCUT2D eigenvalue weighted by Crippen LogP contribution is 2.04. The Kier molecular flexibility index (Phi) is 3.25. The third-order valence-electron chi connectivity index (χ3n) is 2.12. The average molecular weight is 186 g/mol. The number of carbonyl (C=O) groups excluding carboxylic acids is 2. The summed E-state index contributed by atoms with van der Waals surface area (Å²) in [4.78, 5) is 23.9. The Morgan fingerprint density at radius 2 is 2.23 bits per heavy atom. The number of carbonyl (C=O) groups is 2. The maximum atomic E-state index is 11.2. The highest BCUT2D eigenvalue weighted by Gasteiger charge is 2.30. The van der Waals surface area contributed by atoms with Crippen LogP contribution in [-0.2, 0) is 14.3 Å². The molecule has 1 N–H and O–H groups in total. The maximum Gasteiger partial charge on any atom is 0.329 e. The average Bonchev–Trinajstić information content (AvgIpc) is 2.16. The molecule has 0 bridgehead atoms. The molecule has 1 rings (SSSR count). The van der Waals surface area contributed by atoms with Crippen LogP contribution < -0.4 is 5.32 Å². The van der Waals surface area contributed by atoms with Crippen LogP contribution in [0.2, 0.25) is 0 Å². The van der Waals surface area contributed by atoms with Gasteiger partial charge < -0.3 is 15.0 Å². The van der Waals surface area contributed by atoms with Crippen molar-refractivity contribution in [1.29, 1.82) is 0 Å². The number of hydrogen-bond donors (Lipinski definition) is 1. The largest absolute Gasteiger partial charge is 0.467 e. The normalized spacial score (nSPS) is 22.6. The monoisotopic (exact) mass is 186 g/mol. The number of hydrogen-bond acceptors (Lipinski definition) is 4. The number of amides is 1. The van der Waals surface area contributed by atoms with Crippen molar-refractivity contribution in [2.45, 2.75) is 13.0 Å². The van der Waals surface area contributed by atoms with Crippen LogP contribution in [0.25, 0.3) is 0 Å². The van der Waals surface area contributed by atoms with Gasteiger partial charge in [0.2, 0.25) is 5.91 Å². The van der Waals surface area contributed by atoms with Crippen LogP contribution >= 0.6 is 0 Å². The highest BCUT2D eigenvalue weighted by atomic mass is 16.5. The van der Waals surface area contributed by atoms with E-state index in [0.29, 0.717) is 13.1 Å². The first-order valence-corrected chi connectivity index (χ1v) is 4.22. The molecule has 5 heteroatoms. The summed E-state index contributed by atoms with van der Waals surface area (Å²) in [6.45, 7) is 3.23. The summed E-state index contributed by atoms with van der Waals surface area (Å²) < 4.78 is 4.60. The Morgan fingerprint density at radius 1 is 1.54 bits per heavy atom. The van der Waals surface area contributed by atoms with Crippen molar-refractivity contribution in [3.8, 4) is 0 Å². The first kappa shape index (κ1) is 9.98. The van der Waals surface area contributed by atoms with Crippen LogP contribution in [0.4, 0.5) is 0 Å².